The Hall–Kier alpha value is -1.76. The first-order chi connectivity index (χ1) is 8.18. The summed E-state index contributed by atoms with van der Waals surface area (Å²) in [7, 11) is 0. The molecule has 0 amide bonds. The highest BCUT2D eigenvalue weighted by atomic mass is 16.5. The molecule has 1 nitrogen and oxygen atoms in total. The van der Waals surface area contributed by atoms with Crippen molar-refractivity contribution in [2.45, 2.75) is 19.3 Å². The van der Waals surface area contributed by atoms with Crippen LogP contribution in [-0.2, 0) is 5.41 Å². The first kappa shape index (κ1) is 11.7. The Morgan fingerprint density at radius 1 is 1.00 bits per heavy atom. The van der Waals surface area contributed by atoms with Gasteiger partial charge in [-0.25, -0.2) is 0 Å². The van der Waals surface area contributed by atoms with Gasteiger partial charge in [-0.2, -0.15) is 0 Å². The second kappa shape index (κ2) is 5.05. The molecule has 17 heavy (non-hydrogen) atoms. The van der Waals surface area contributed by atoms with Gasteiger partial charge in [-0.15, -0.1) is 0 Å². The third kappa shape index (κ3) is 3.10. The van der Waals surface area contributed by atoms with Crippen molar-refractivity contribution in [3.63, 3.8) is 0 Å². The van der Waals surface area contributed by atoms with E-state index in [1.54, 1.807) is 0 Å². The van der Waals surface area contributed by atoms with Crippen molar-refractivity contribution >= 4 is 0 Å². The Bertz CT molecular complexity index is 445. The van der Waals surface area contributed by atoms with E-state index in [4.69, 9.17) is 4.74 Å². The fraction of sp³-hybridized carbons (Fsp3) is 0.250. The van der Waals surface area contributed by atoms with Crippen LogP contribution in [0.5, 0.6) is 5.75 Å². The van der Waals surface area contributed by atoms with Crippen LogP contribution in [0.3, 0.4) is 0 Å². The van der Waals surface area contributed by atoms with Crippen molar-refractivity contribution in [3.8, 4) is 5.75 Å². The van der Waals surface area contributed by atoms with Crippen molar-refractivity contribution in [2.24, 2.45) is 0 Å². The Labute approximate surface area is 103 Å². The fourth-order valence-corrected chi connectivity index (χ4v) is 1.67. The molecular weight excluding hydrogens is 208 g/mol. The van der Waals surface area contributed by atoms with E-state index in [0.717, 1.165) is 5.75 Å². The molecule has 0 spiro atoms. The lowest BCUT2D eigenvalue weighted by molar-refractivity contribution is 0.240. The van der Waals surface area contributed by atoms with Crippen LogP contribution in [0.1, 0.15) is 19.4 Å². The summed E-state index contributed by atoms with van der Waals surface area (Å²) in [6.45, 7) is 4.99. The summed E-state index contributed by atoms with van der Waals surface area (Å²) < 4.78 is 5.81. The molecule has 2 rings (SSSR count). The van der Waals surface area contributed by atoms with E-state index in [1.807, 2.05) is 48.5 Å². The lowest BCUT2D eigenvalue weighted by Crippen LogP contribution is -2.26. The van der Waals surface area contributed by atoms with Crippen molar-refractivity contribution < 1.29 is 4.74 Å². The van der Waals surface area contributed by atoms with Crippen LogP contribution in [0, 0.1) is 6.07 Å². The maximum Gasteiger partial charge on any atom is 0.119 e. The Morgan fingerprint density at radius 2 is 1.71 bits per heavy atom. The first-order valence-electron chi connectivity index (χ1n) is 5.83. The molecule has 0 atom stereocenters. The second-order valence-corrected chi connectivity index (χ2v) is 4.76. The maximum atomic E-state index is 5.81. The average Bonchev–Trinajstić information content (AvgIpc) is 2.39. The third-order valence-corrected chi connectivity index (χ3v) is 2.78. The van der Waals surface area contributed by atoms with Gasteiger partial charge in [0.2, 0.25) is 0 Å². The Kier molecular flexibility index (Phi) is 3.48. The molecule has 0 aliphatic carbocycles. The molecule has 0 aromatic heterocycles. The molecule has 87 valence electrons. The van der Waals surface area contributed by atoms with Crippen molar-refractivity contribution in [1.82, 2.24) is 0 Å². The number of rotatable bonds is 4. The molecule has 0 heterocycles. The zero-order valence-corrected chi connectivity index (χ0v) is 10.3. The van der Waals surface area contributed by atoms with Gasteiger partial charge in [0.05, 0.1) is 6.61 Å². The summed E-state index contributed by atoms with van der Waals surface area (Å²) in [6.07, 6.45) is 0. The highest BCUT2D eigenvalue weighted by molar-refractivity contribution is 5.24. The van der Waals surface area contributed by atoms with Gasteiger partial charge in [-0.1, -0.05) is 56.3 Å². The summed E-state index contributed by atoms with van der Waals surface area (Å²) in [6, 6.07) is 21.2. The molecule has 0 bridgehead atoms. The predicted molar refractivity (Wildman–Crippen MR) is 70.2 cm³/mol. The van der Waals surface area contributed by atoms with Crippen LogP contribution >= 0.6 is 0 Å². The van der Waals surface area contributed by atoms with Gasteiger partial charge in [0.25, 0.3) is 0 Å². The standard InChI is InChI=1S/C16H17O/c1-16(2,14-9-5-3-6-10-14)13-17-15-11-7-4-8-12-15/h3-9,11-12H,13H2,1-2H3. The minimum Gasteiger partial charge on any atom is -0.493 e. The van der Waals surface area contributed by atoms with E-state index in [2.05, 4.69) is 26.0 Å². The Morgan fingerprint density at radius 3 is 2.35 bits per heavy atom. The molecule has 2 aromatic rings. The monoisotopic (exact) mass is 225 g/mol. The Balaban J connectivity index is 2.03. The van der Waals surface area contributed by atoms with E-state index in [9.17, 15) is 0 Å². The molecular formula is C16H17O. The summed E-state index contributed by atoms with van der Waals surface area (Å²) in [4.78, 5) is 0. The highest BCUT2D eigenvalue weighted by Crippen LogP contribution is 2.23. The summed E-state index contributed by atoms with van der Waals surface area (Å²) in [5, 5.41) is 0. The predicted octanol–water partition coefficient (Wildman–Crippen LogP) is 3.84. The molecule has 0 aliphatic rings. The van der Waals surface area contributed by atoms with Crippen LogP contribution < -0.4 is 4.74 Å². The lowest BCUT2D eigenvalue weighted by atomic mass is 9.86. The maximum absolute atomic E-state index is 5.81. The van der Waals surface area contributed by atoms with E-state index in [0.29, 0.717) is 6.61 Å². The molecule has 0 fully saturated rings. The normalized spacial score (nSPS) is 11.2. The van der Waals surface area contributed by atoms with E-state index in [1.165, 1.54) is 5.56 Å². The minimum absolute atomic E-state index is 0.0307. The number of ether oxygens (including phenoxy) is 1. The molecule has 0 saturated heterocycles. The summed E-state index contributed by atoms with van der Waals surface area (Å²) in [5.41, 5.74) is 1.15. The molecule has 1 heteroatoms. The van der Waals surface area contributed by atoms with Gasteiger partial charge < -0.3 is 4.74 Å². The van der Waals surface area contributed by atoms with Crippen LogP contribution in [-0.4, -0.2) is 6.61 Å². The minimum atomic E-state index is -0.0307. The molecule has 0 N–H and O–H groups in total. The topological polar surface area (TPSA) is 9.23 Å². The van der Waals surface area contributed by atoms with Crippen LogP contribution in [0.15, 0.2) is 54.6 Å². The first-order valence-corrected chi connectivity index (χ1v) is 5.83. The summed E-state index contributed by atoms with van der Waals surface area (Å²) in [5.74, 6) is 0.913. The van der Waals surface area contributed by atoms with E-state index < -0.39 is 0 Å². The smallest absolute Gasteiger partial charge is 0.119 e. The summed E-state index contributed by atoms with van der Waals surface area (Å²) >= 11 is 0. The SMILES string of the molecule is CC(C)(COc1ccccc1)c1[c]cccc1. The highest BCUT2D eigenvalue weighted by Gasteiger charge is 2.21. The van der Waals surface area contributed by atoms with Gasteiger partial charge in [0, 0.05) is 5.41 Å². The number of hydrogen-bond acceptors (Lipinski definition) is 1. The molecule has 0 aliphatic heterocycles. The van der Waals surface area contributed by atoms with Crippen LogP contribution in [0.4, 0.5) is 0 Å². The number of para-hydroxylation sites is 1. The molecule has 0 unspecified atom stereocenters. The number of hydrogen-bond donors (Lipinski definition) is 0. The van der Waals surface area contributed by atoms with Crippen molar-refractivity contribution in [3.05, 3.63) is 66.2 Å². The molecule has 2 aromatic carbocycles. The third-order valence-electron chi connectivity index (χ3n) is 2.78. The quantitative estimate of drug-likeness (QED) is 0.768. The van der Waals surface area contributed by atoms with Gasteiger partial charge >= 0.3 is 0 Å². The lowest BCUT2D eigenvalue weighted by Gasteiger charge is -2.25. The molecule has 0 saturated carbocycles. The van der Waals surface area contributed by atoms with E-state index in [-0.39, 0.29) is 5.41 Å². The van der Waals surface area contributed by atoms with Gasteiger partial charge in [0.15, 0.2) is 0 Å². The molecule has 1 radical (unpaired) electrons. The van der Waals surface area contributed by atoms with Gasteiger partial charge in [-0.3, -0.25) is 0 Å². The fourth-order valence-electron chi connectivity index (χ4n) is 1.67. The van der Waals surface area contributed by atoms with Crippen LogP contribution in [0.2, 0.25) is 0 Å². The van der Waals surface area contributed by atoms with Crippen LogP contribution in [0.25, 0.3) is 0 Å². The zero-order valence-electron chi connectivity index (χ0n) is 10.3. The van der Waals surface area contributed by atoms with Gasteiger partial charge in [-0.05, 0) is 23.8 Å². The number of benzene rings is 2. The average molecular weight is 225 g/mol. The van der Waals surface area contributed by atoms with Crippen molar-refractivity contribution in [1.29, 1.82) is 0 Å². The second-order valence-electron chi connectivity index (χ2n) is 4.76. The van der Waals surface area contributed by atoms with E-state index >= 15 is 0 Å². The van der Waals surface area contributed by atoms with Crippen molar-refractivity contribution in [2.75, 3.05) is 6.61 Å². The zero-order chi connectivity index (χ0) is 12.1. The van der Waals surface area contributed by atoms with Gasteiger partial charge in [0.1, 0.15) is 5.75 Å². The largest absolute Gasteiger partial charge is 0.493 e.